The molecule has 28 heavy (non-hydrogen) atoms. The van der Waals surface area contributed by atoms with Gasteiger partial charge in [-0.2, -0.15) is 5.26 Å². The molecule has 0 spiro atoms. The van der Waals surface area contributed by atoms with Crippen LogP contribution in [0.25, 0.3) is 11.6 Å². The molecule has 0 bridgehead atoms. The number of hydrogen-bond donors (Lipinski definition) is 0. The molecule has 1 fully saturated rings. The third-order valence-corrected chi connectivity index (χ3v) is 5.40. The Morgan fingerprint density at radius 3 is 2.57 bits per heavy atom. The second kappa shape index (κ2) is 10.1. The largest absolute Gasteiger partial charge is 0.427 e. The molecule has 3 nitrogen and oxygen atoms in total. The van der Waals surface area contributed by atoms with E-state index in [1.54, 1.807) is 30.3 Å². The maximum absolute atomic E-state index is 12.1. The van der Waals surface area contributed by atoms with E-state index in [9.17, 15) is 10.1 Å². The van der Waals surface area contributed by atoms with E-state index in [2.05, 4.69) is 6.07 Å². The van der Waals surface area contributed by atoms with Crippen molar-refractivity contribution in [3.63, 3.8) is 0 Å². The number of rotatable bonds is 6. The molecular weight excluding hydrogens is 370 g/mol. The van der Waals surface area contributed by atoms with Gasteiger partial charge in [-0.3, -0.25) is 4.79 Å². The molecule has 1 saturated carbocycles. The van der Waals surface area contributed by atoms with Crippen LogP contribution in [0.15, 0.2) is 48.5 Å². The number of esters is 1. The van der Waals surface area contributed by atoms with Crippen molar-refractivity contribution >= 4 is 29.2 Å². The summed E-state index contributed by atoms with van der Waals surface area (Å²) in [5.74, 6) is 1.03. The Bertz CT molecular complexity index is 874. The number of halogens is 1. The van der Waals surface area contributed by atoms with E-state index in [0.717, 1.165) is 17.5 Å². The number of benzene rings is 2. The van der Waals surface area contributed by atoms with E-state index in [-0.39, 0.29) is 5.97 Å². The summed E-state index contributed by atoms with van der Waals surface area (Å²) in [6.07, 6.45) is 9.56. The van der Waals surface area contributed by atoms with Crippen molar-refractivity contribution in [2.75, 3.05) is 0 Å². The fourth-order valence-corrected chi connectivity index (χ4v) is 3.81. The predicted molar refractivity (Wildman–Crippen MR) is 113 cm³/mol. The minimum Gasteiger partial charge on any atom is -0.427 e. The molecule has 0 aliphatic heterocycles. The van der Waals surface area contributed by atoms with Crippen molar-refractivity contribution in [3.05, 3.63) is 64.7 Å². The third-order valence-electron chi connectivity index (χ3n) is 5.16. The Hall–Kier alpha value is -2.57. The summed E-state index contributed by atoms with van der Waals surface area (Å²) in [4.78, 5) is 12.1. The second-order valence-electron chi connectivity index (χ2n) is 7.27. The van der Waals surface area contributed by atoms with Gasteiger partial charge in [0.05, 0.1) is 11.6 Å². The molecule has 3 rings (SSSR count). The lowest BCUT2D eigenvalue weighted by Gasteiger charge is -2.20. The summed E-state index contributed by atoms with van der Waals surface area (Å²) in [6, 6.07) is 16.6. The molecule has 0 radical (unpaired) electrons. The van der Waals surface area contributed by atoms with Gasteiger partial charge in [0, 0.05) is 11.4 Å². The summed E-state index contributed by atoms with van der Waals surface area (Å²) in [7, 11) is 0. The molecule has 0 N–H and O–H groups in total. The normalized spacial score (nSPS) is 15.1. The second-order valence-corrected chi connectivity index (χ2v) is 7.70. The first-order chi connectivity index (χ1) is 13.6. The van der Waals surface area contributed by atoms with Gasteiger partial charge in [-0.25, -0.2) is 0 Å². The van der Waals surface area contributed by atoms with Crippen LogP contribution in [0, 0.1) is 17.2 Å². The van der Waals surface area contributed by atoms with Gasteiger partial charge < -0.3 is 4.74 Å². The average molecular weight is 394 g/mol. The van der Waals surface area contributed by atoms with Gasteiger partial charge in [0.25, 0.3) is 0 Å². The highest BCUT2D eigenvalue weighted by molar-refractivity contribution is 6.30. The van der Waals surface area contributed by atoms with Crippen LogP contribution in [0.1, 0.15) is 56.1 Å². The highest BCUT2D eigenvalue weighted by atomic mass is 35.5. The SMILES string of the molecule is N#C/C(=C/c1ccc(OC(=O)CCC2CCCCC2)cc1)c1cccc(Cl)c1. The molecule has 0 atom stereocenters. The molecule has 2 aromatic rings. The number of carbonyl (C=O) groups is 1. The van der Waals surface area contributed by atoms with Crippen LogP contribution in [0.4, 0.5) is 0 Å². The molecule has 0 saturated heterocycles. The van der Waals surface area contributed by atoms with E-state index in [4.69, 9.17) is 16.3 Å². The standard InChI is InChI=1S/C24H24ClNO2/c25-22-8-4-7-20(16-22)21(17-26)15-19-9-12-23(13-10-19)28-24(27)14-11-18-5-2-1-3-6-18/h4,7-10,12-13,15-16,18H,1-3,5-6,11,14H2/b21-15-. The van der Waals surface area contributed by atoms with Crippen LogP contribution in [-0.4, -0.2) is 5.97 Å². The number of carbonyl (C=O) groups excluding carboxylic acids is 1. The van der Waals surface area contributed by atoms with E-state index >= 15 is 0 Å². The zero-order valence-electron chi connectivity index (χ0n) is 15.9. The zero-order valence-corrected chi connectivity index (χ0v) is 16.6. The zero-order chi connectivity index (χ0) is 19.8. The van der Waals surface area contributed by atoms with Crippen molar-refractivity contribution in [2.24, 2.45) is 5.92 Å². The topological polar surface area (TPSA) is 50.1 Å². The molecule has 0 heterocycles. The lowest BCUT2D eigenvalue weighted by atomic mass is 9.86. The van der Waals surface area contributed by atoms with Crippen molar-refractivity contribution in [2.45, 2.75) is 44.9 Å². The number of hydrogen-bond acceptors (Lipinski definition) is 3. The smallest absolute Gasteiger partial charge is 0.311 e. The molecule has 144 valence electrons. The van der Waals surface area contributed by atoms with Gasteiger partial charge in [-0.1, -0.05) is 68.0 Å². The van der Waals surface area contributed by atoms with E-state index < -0.39 is 0 Å². The summed E-state index contributed by atoms with van der Waals surface area (Å²) in [5.41, 5.74) is 2.16. The Morgan fingerprint density at radius 1 is 1.14 bits per heavy atom. The fraction of sp³-hybridized carbons (Fsp3) is 0.333. The highest BCUT2D eigenvalue weighted by Crippen LogP contribution is 2.27. The number of allylic oxidation sites excluding steroid dienone is 1. The monoisotopic (exact) mass is 393 g/mol. The van der Waals surface area contributed by atoms with E-state index in [1.165, 1.54) is 32.1 Å². The van der Waals surface area contributed by atoms with E-state index in [0.29, 0.717) is 28.7 Å². The van der Waals surface area contributed by atoms with Crippen LogP contribution in [0.2, 0.25) is 5.02 Å². The van der Waals surface area contributed by atoms with Gasteiger partial charge in [0.15, 0.2) is 0 Å². The van der Waals surface area contributed by atoms with Crippen molar-refractivity contribution in [3.8, 4) is 11.8 Å². The van der Waals surface area contributed by atoms with Crippen LogP contribution in [-0.2, 0) is 4.79 Å². The first-order valence-electron chi connectivity index (χ1n) is 9.82. The number of ether oxygens (including phenoxy) is 1. The minimum absolute atomic E-state index is 0.175. The Balaban J connectivity index is 1.58. The summed E-state index contributed by atoms with van der Waals surface area (Å²) in [6.45, 7) is 0. The van der Waals surface area contributed by atoms with Gasteiger partial charge in [-0.15, -0.1) is 0 Å². The first kappa shape index (κ1) is 20.2. The third kappa shape index (κ3) is 5.97. The first-order valence-corrected chi connectivity index (χ1v) is 10.2. The highest BCUT2D eigenvalue weighted by Gasteiger charge is 2.15. The molecule has 0 unspecified atom stereocenters. The molecule has 4 heteroatoms. The quantitative estimate of drug-likeness (QED) is 0.238. The molecule has 1 aliphatic carbocycles. The lowest BCUT2D eigenvalue weighted by Crippen LogP contribution is -2.12. The van der Waals surface area contributed by atoms with Crippen LogP contribution >= 0.6 is 11.6 Å². The van der Waals surface area contributed by atoms with Crippen LogP contribution in [0.5, 0.6) is 5.75 Å². The Morgan fingerprint density at radius 2 is 1.89 bits per heavy atom. The van der Waals surface area contributed by atoms with Crippen molar-refractivity contribution in [1.29, 1.82) is 5.26 Å². The molecule has 2 aromatic carbocycles. The maximum Gasteiger partial charge on any atom is 0.311 e. The summed E-state index contributed by atoms with van der Waals surface area (Å²) in [5, 5.41) is 10.0. The molecule has 0 amide bonds. The van der Waals surface area contributed by atoms with Crippen LogP contribution < -0.4 is 4.74 Å². The number of nitriles is 1. The van der Waals surface area contributed by atoms with Gasteiger partial charge in [0.2, 0.25) is 0 Å². The summed E-state index contributed by atoms with van der Waals surface area (Å²) < 4.78 is 5.45. The maximum atomic E-state index is 12.1. The molecule has 0 aromatic heterocycles. The van der Waals surface area contributed by atoms with Gasteiger partial charge in [0.1, 0.15) is 5.75 Å². The van der Waals surface area contributed by atoms with Crippen molar-refractivity contribution in [1.82, 2.24) is 0 Å². The van der Waals surface area contributed by atoms with Crippen LogP contribution in [0.3, 0.4) is 0 Å². The fourth-order valence-electron chi connectivity index (χ4n) is 3.62. The van der Waals surface area contributed by atoms with Crippen molar-refractivity contribution < 1.29 is 9.53 Å². The molecular formula is C24H24ClNO2. The van der Waals surface area contributed by atoms with Gasteiger partial charge >= 0.3 is 5.97 Å². The number of nitrogens with zero attached hydrogens (tertiary/aromatic N) is 1. The predicted octanol–water partition coefficient (Wildman–Crippen LogP) is 6.67. The summed E-state index contributed by atoms with van der Waals surface area (Å²) >= 11 is 6.01. The molecule has 1 aliphatic rings. The lowest BCUT2D eigenvalue weighted by molar-refractivity contribution is -0.134. The van der Waals surface area contributed by atoms with E-state index in [1.807, 2.05) is 24.3 Å². The van der Waals surface area contributed by atoms with Gasteiger partial charge in [-0.05, 0) is 53.8 Å². The minimum atomic E-state index is -0.175. The Kier molecular flexibility index (Phi) is 7.28. The average Bonchev–Trinajstić information content (AvgIpc) is 2.72. The Labute approximate surface area is 171 Å².